The summed E-state index contributed by atoms with van der Waals surface area (Å²) >= 11 is 3.39. The molecule has 1 N–H and O–H groups in total. The minimum atomic E-state index is -0.284. The van der Waals surface area contributed by atoms with E-state index in [1.807, 2.05) is 25.1 Å². The number of rotatable bonds is 5. The summed E-state index contributed by atoms with van der Waals surface area (Å²) in [5.74, 6) is 0.314. The molecule has 0 spiro atoms. The van der Waals surface area contributed by atoms with Crippen LogP contribution in [0.4, 0.5) is 5.69 Å². The van der Waals surface area contributed by atoms with Crippen molar-refractivity contribution in [3.8, 4) is 5.75 Å². The quantitative estimate of drug-likeness (QED) is 0.787. The van der Waals surface area contributed by atoms with Gasteiger partial charge in [0.1, 0.15) is 5.75 Å². The minimum absolute atomic E-state index is 0.0591. The van der Waals surface area contributed by atoms with Crippen LogP contribution >= 0.6 is 15.9 Å². The van der Waals surface area contributed by atoms with Crippen LogP contribution in [-0.2, 0) is 9.53 Å². The van der Waals surface area contributed by atoms with Crippen molar-refractivity contribution in [2.45, 2.75) is 6.92 Å². The van der Waals surface area contributed by atoms with Crippen molar-refractivity contribution in [3.63, 3.8) is 0 Å². The van der Waals surface area contributed by atoms with Crippen LogP contribution in [0.15, 0.2) is 46.9 Å². The van der Waals surface area contributed by atoms with Crippen LogP contribution in [0.1, 0.15) is 15.9 Å². The third-order valence-corrected chi connectivity index (χ3v) is 4.68. The van der Waals surface area contributed by atoms with Gasteiger partial charge >= 0.3 is 0 Å². The fraction of sp³-hybridized carbons (Fsp3) is 0.300. The summed E-state index contributed by atoms with van der Waals surface area (Å²) in [6.07, 6.45) is 0. The summed E-state index contributed by atoms with van der Waals surface area (Å²) in [5.41, 5.74) is 2.05. The van der Waals surface area contributed by atoms with E-state index in [4.69, 9.17) is 9.47 Å². The summed E-state index contributed by atoms with van der Waals surface area (Å²) in [6, 6.07) is 12.5. The first kappa shape index (κ1) is 19.4. The van der Waals surface area contributed by atoms with E-state index in [-0.39, 0.29) is 18.4 Å². The molecule has 0 atom stereocenters. The molecule has 0 aromatic heterocycles. The molecule has 0 bridgehead atoms. The van der Waals surface area contributed by atoms with Gasteiger partial charge in [0.15, 0.2) is 6.61 Å². The standard InChI is InChI=1S/C20H21BrN2O4/c1-14-11-16(21)5-6-18(14)27-13-19(24)22-17-4-2-3-15(12-17)20(25)23-7-9-26-10-8-23/h2-6,11-12H,7-10,13H2,1H3,(H,22,24). The van der Waals surface area contributed by atoms with Gasteiger partial charge in [-0.1, -0.05) is 22.0 Å². The van der Waals surface area contributed by atoms with Gasteiger partial charge in [-0.3, -0.25) is 9.59 Å². The molecule has 27 heavy (non-hydrogen) atoms. The van der Waals surface area contributed by atoms with Crippen LogP contribution in [0.2, 0.25) is 0 Å². The van der Waals surface area contributed by atoms with Gasteiger partial charge in [0, 0.05) is 28.8 Å². The maximum atomic E-state index is 12.5. The van der Waals surface area contributed by atoms with Crippen LogP contribution < -0.4 is 10.1 Å². The second-order valence-electron chi connectivity index (χ2n) is 6.23. The molecule has 142 valence electrons. The van der Waals surface area contributed by atoms with E-state index in [0.29, 0.717) is 43.3 Å². The first-order valence-corrected chi connectivity index (χ1v) is 9.48. The molecule has 3 rings (SSSR count). The fourth-order valence-electron chi connectivity index (χ4n) is 2.79. The van der Waals surface area contributed by atoms with Gasteiger partial charge in [0.25, 0.3) is 11.8 Å². The Morgan fingerprint density at radius 3 is 2.70 bits per heavy atom. The van der Waals surface area contributed by atoms with E-state index in [2.05, 4.69) is 21.2 Å². The molecule has 6 nitrogen and oxygen atoms in total. The summed E-state index contributed by atoms with van der Waals surface area (Å²) in [6.45, 7) is 4.07. The number of carbonyl (C=O) groups is 2. The van der Waals surface area contributed by atoms with Gasteiger partial charge in [-0.2, -0.15) is 0 Å². The van der Waals surface area contributed by atoms with Gasteiger partial charge in [-0.25, -0.2) is 0 Å². The molecule has 2 amide bonds. The monoisotopic (exact) mass is 432 g/mol. The van der Waals surface area contributed by atoms with E-state index in [0.717, 1.165) is 10.0 Å². The lowest BCUT2D eigenvalue weighted by atomic mass is 10.1. The Labute approximate surface area is 166 Å². The first-order chi connectivity index (χ1) is 13.0. The molecular weight excluding hydrogens is 412 g/mol. The number of hydrogen-bond acceptors (Lipinski definition) is 4. The van der Waals surface area contributed by atoms with E-state index in [9.17, 15) is 9.59 Å². The van der Waals surface area contributed by atoms with Crippen molar-refractivity contribution in [1.82, 2.24) is 4.90 Å². The maximum absolute atomic E-state index is 12.5. The van der Waals surface area contributed by atoms with Gasteiger partial charge in [0.05, 0.1) is 13.2 Å². The Morgan fingerprint density at radius 2 is 1.96 bits per heavy atom. The Balaban J connectivity index is 1.58. The lowest BCUT2D eigenvalue weighted by Crippen LogP contribution is -2.40. The molecule has 1 aliphatic rings. The lowest BCUT2D eigenvalue weighted by molar-refractivity contribution is -0.118. The van der Waals surface area contributed by atoms with Crippen molar-refractivity contribution >= 4 is 33.4 Å². The highest BCUT2D eigenvalue weighted by atomic mass is 79.9. The zero-order valence-corrected chi connectivity index (χ0v) is 16.6. The molecule has 0 unspecified atom stereocenters. The maximum Gasteiger partial charge on any atom is 0.262 e. The smallest absolute Gasteiger partial charge is 0.262 e. The van der Waals surface area contributed by atoms with E-state index in [1.54, 1.807) is 29.2 Å². The zero-order valence-electron chi connectivity index (χ0n) is 15.0. The van der Waals surface area contributed by atoms with Gasteiger partial charge in [0.2, 0.25) is 0 Å². The average Bonchev–Trinajstić information content (AvgIpc) is 2.67. The molecule has 0 radical (unpaired) electrons. The summed E-state index contributed by atoms with van der Waals surface area (Å²) < 4.78 is 11.8. The molecule has 1 heterocycles. The van der Waals surface area contributed by atoms with Gasteiger partial charge in [-0.15, -0.1) is 0 Å². The predicted molar refractivity (Wildman–Crippen MR) is 106 cm³/mol. The number of halogens is 1. The van der Waals surface area contributed by atoms with E-state index < -0.39 is 0 Å². The number of anilines is 1. The minimum Gasteiger partial charge on any atom is -0.483 e. The average molecular weight is 433 g/mol. The number of carbonyl (C=O) groups excluding carboxylic acids is 2. The predicted octanol–water partition coefficient (Wildman–Crippen LogP) is 3.25. The largest absolute Gasteiger partial charge is 0.483 e. The molecule has 7 heteroatoms. The normalized spacial score (nSPS) is 13.9. The molecular formula is C20H21BrN2O4. The van der Waals surface area contributed by atoms with Crippen LogP contribution in [-0.4, -0.2) is 49.6 Å². The third-order valence-electron chi connectivity index (χ3n) is 4.19. The topological polar surface area (TPSA) is 67.9 Å². The number of nitrogens with zero attached hydrogens (tertiary/aromatic N) is 1. The second kappa shape index (κ2) is 9.01. The molecule has 0 saturated carbocycles. The van der Waals surface area contributed by atoms with Crippen LogP contribution in [0, 0.1) is 6.92 Å². The van der Waals surface area contributed by atoms with Crippen LogP contribution in [0.3, 0.4) is 0 Å². The highest BCUT2D eigenvalue weighted by Gasteiger charge is 2.18. The Bertz CT molecular complexity index is 834. The molecule has 1 fully saturated rings. The Kier molecular flexibility index (Phi) is 6.47. The number of aryl methyl sites for hydroxylation is 1. The third kappa shape index (κ3) is 5.30. The Hall–Kier alpha value is -2.38. The summed E-state index contributed by atoms with van der Waals surface area (Å²) in [5, 5.41) is 2.77. The highest BCUT2D eigenvalue weighted by molar-refractivity contribution is 9.10. The number of benzene rings is 2. The molecule has 2 aromatic rings. The van der Waals surface area contributed by atoms with Crippen molar-refractivity contribution in [2.75, 3.05) is 38.2 Å². The van der Waals surface area contributed by atoms with Gasteiger partial charge in [-0.05, 0) is 48.9 Å². The Morgan fingerprint density at radius 1 is 1.19 bits per heavy atom. The first-order valence-electron chi connectivity index (χ1n) is 8.69. The highest BCUT2D eigenvalue weighted by Crippen LogP contribution is 2.22. The number of ether oxygens (including phenoxy) is 2. The second-order valence-corrected chi connectivity index (χ2v) is 7.15. The number of amides is 2. The van der Waals surface area contributed by atoms with Crippen molar-refractivity contribution < 1.29 is 19.1 Å². The SMILES string of the molecule is Cc1cc(Br)ccc1OCC(=O)Nc1cccc(C(=O)N2CCOCC2)c1. The molecule has 0 aliphatic carbocycles. The fourth-order valence-corrected chi connectivity index (χ4v) is 3.27. The van der Waals surface area contributed by atoms with Crippen molar-refractivity contribution in [3.05, 3.63) is 58.1 Å². The van der Waals surface area contributed by atoms with Crippen molar-refractivity contribution in [1.29, 1.82) is 0 Å². The summed E-state index contributed by atoms with van der Waals surface area (Å²) in [7, 11) is 0. The molecule has 2 aromatic carbocycles. The zero-order chi connectivity index (χ0) is 19.2. The van der Waals surface area contributed by atoms with Crippen LogP contribution in [0.25, 0.3) is 0 Å². The van der Waals surface area contributed by atoms with Crippen LogP contribution in [0.5, 0.6) is 5.75 Å². The number of morpholine rings is 1. The van der Waals surface area contributed by atoms with Crippen molar-refractivity contribution in [2.24, 2.45) is 0 Å². The van der Waals surface area contributed by atoms with E-state index in [1.165, 1.54) is 0 Å². The van der Waals surface area contributed by atoms with E-state index >= 15 is 0 Å². The number of nitrogens with one attached hydrogen (secondary N) is 1. The summed E-state index contributed by atoms with van der Waals surface area (Å²) in [4.78, 5) is 26.5. The molecule has 1 aliphatic heterocycles. The van der Waals surface area contributed by atoms with Gasteiger partial charge < -0.3 is 19.7 Å². The lowest BCUT2D eigenvalue weighted by Gasteiger charge is -2.27. The molecule has 1 saturated heterocycles. The number of hydrogen-bond donors (Lipinski definition) is 1.